The molecule has 1 saturated carbocycles. The van der Waals surface area contributed by atoms with Crippen molar-refractivity contribution in [1.29, 1.82) is 5.26 Å². The van der Waals surface area contributed by atoms with Crippen LogP contribution in [-0.4, -0.2) is 29.9 Å². The Kier molecular flexibility index (Phi) is 5.65. The van der Waals surface area contributed by atoms with E-state index in [1.165, 1.54) is 0 Å². The molecule has 28 heavy (non-hydrogen) atoms. The van der Waals surface area contributed by atoms with Gasteiger partial charge in [-0.3, -0.25) is 4.79 Å². The van der Waals surface area contributed by atoms with Gasteiger partial charge in [0.25, 0.3) is 5.91 Å². The number of carbonyl (C=O) groups is 2. The first-order valence-corrected chi connectivity index (χ1v) is 9.34. The molecule has 0 aromatic heterocycles. The van der Waals surface area contributed by atoms with Crippen molar-refractivity contribution < 1.29 is 9.59 Å². The van der Waals surface area contributed by atoms with Crippen molar-refractivity contribution in [2.45, 2.75) is 38.8 Å². The summed E-state index contributed by atoms with van der Waals surface area (Å²) in [6, 6.07) is 14.4. The van der Waals surface area contributed by atoms with Crippen LogP contribution in [0.4, 0.5) is 10.5 Å². The number of nitriles is 1. The van der Waals surface area contributed by atoms with E-state index in [1.54, 1.807) is 36.2 Å². The Labute approximate surface area is 165 Å². The molecule has 1 aliphatic rings. The number of urea groups is 1. The second-order valence-electron chi connectivity index (χ2n) is 7.23. The predicted molar refractivity (Wildman–Crippen MR) is 108 cm³/mol. The molecule has 0 saturated heterocycles. The molecule has 1 fully saturated rings. The van der Waals surface area contributed by atoms with E-state index in [9.17, 15) is 9.59 Å². The zero-order valence-corrected chi connectivity index (χ0v) is 16.3. The maximum absolute atomic E-state index is 12.8. The first-order chi connectivity index (χ1) is 13.4. The first-order valence-electron chi connectivity index (χ1n) is 9.34. The zero-order chi connectivity index (χ0) is 20.3. The van der Waals surface area contributed by atoms with E-state index in [4.69, 9.17) is 5.26 Å². The largest absolute Gasteiger partial charge is 0.349 e. The number of hydrogen-bond acceptors (Lipinski definition) is 3. The van der Waals surface area contributed by atoms with Crippen LogP contribution in [0.5, 0.6) is 0 Å². The lowest BCUT2D eigenvalue weighted by molar-refractivity contribution is 0.0951. The highest BCUT2D eigenvalue weighted by molar-refractivity contribution is 5.97. The van der Waals surface area contributed by atoms with Crippen LogP contribution < -0.4 is 10.6 Å². The Bertz CT molecular complexity index is 944. The SMILES string of the molecule is Cc1ccc(C(=O)NC2CC2)cc1NC(=O)N(C)C(C)c1cccc(C#N)c1. The summed E-state index contributed by atoms with van der Waals surface area (Å²) in [5.41, 5.74) is 3.46. The van der Waals surface area contributed by atoms with Crippen molar-refractivity contribution in [3.63, 3.8) is 0 Å². The molecule has 0 aliphatic heterocycles. The smallest absolute Gasteiger partial charge is 0.322 e. The third-order valence-corrected chi connectivity index (χ3v) is 5.05. The fraction of sp³-hybridized carbons (Fsp3) is 0.318. The molecule has 0 heterocycles. The normalized spacial score (nSPS) is 13.9. The molecule has 2 N–H and O–H groups in total. The van der Waals surface area contributed by atoms with E-state index < -0.39 is 0 Å². The lowest BCUT2D eigenvalue weighted by Gasteiger charge is -2.26. The maximum Gasteiger partial charge on any atom is 0.322 e. The Morgan fingerprint density at radius 3 is 2.64 bits per heavy atom. The van der Waals surface area contributed by atoms with Crippen LogP contribution >= 0.6 is 0 Å². The van der Waals surface area contributed by atoms with Crippen LogP contribution in [0.15, 0.2) is 42.5 Å². The van der Waals surface area contributed by atoms with Crippen LogP contribution in [0.2, 0.25) is 0 Å². The summed E-state index contributed by atoms with van der Waals surface area (Å²) in [6.07, 6.45) is 2.05. The Balaban J connectivity index is 1.72. The van der Waals surface area contributed by atoms with Gasteiger partial charge >= 0.3 is 6.03 Å². The van der Waals surface area contributed by atoms with Gasteiger partial charge in [-0.2, -0.15) is 5.26 Å². The van der Waals surface area contributed by atoms with Crippen molar-refractivity contribution in [2.75, 3.05) is 12.4 Å². The summed E-state index contributed by atoms with van der Waals surface area (Å²) < 4.78 is 0. The number of benzene rings is 2. The summed E-state index contributed by atoms with van der Waals surface area (Å²) in [4.78, 5) is 26.6. The average Bonchev–Trinajstić information content (AvgIpc) is 3.52. The van der Waals surface area contributed by atoms with Crippen LogP contribution in [-0.2, 0) is 0 Å². The van der Waals surface area contributed by atoms with Crippen LogP contribution in [0, 0.1) is 18.3 Å². The molecule has 1 unspecified atom stereocenters. The van der Waals surface area contributed by atoms with E-state index in [1.807, 2.05) is 32.0 Å². The Morgan fingerprint density at radius 1 is 1.21 bits per heavy atom. The van der Waals surface area contributed by atoms with Crippen molar-refractivity contribution in [2.24, 2.45) is 0 Å². The van der Waals surface area contributed by atoms with E-state index in [0.717, 1.165) is 24.0 Å². The monoisotopic (exact) mass is 376 g/mol. The van der Waals surface area contributed by atoms with Gasteiger partial charge in [0.1, 0.15) is 0 Å². The number of hydrogen-bond donors (Lipinski definition) is 2. The lowest BCUT2D eigenvalue weighted by Crippen LogP contribution is -2.34. The van der Waals surface area contributed by atoms with Gasteiger partial charge in [0.05, 0.1) is 17.7 Å². The number of nitrogens with zero attached hydrogens (tertiary/aromatic N) is 2. The van der Waals surface area contributed by atoms with E-state index in [0.29, 0.717) is 16.8 Å². The number of carbonyl (C=O) groups excluding carboxylic acids is 2. The molecule has 1 atom stereocenters. The molecule has 3 amide bonds. The Hall–Kier alpha value is -3.33. The molecule has 2 aromatic rings. The van der Waals surface area contributed by atoms with Crippen LogP contribution in [0.3, 0.4) is 0 Å². The highest BCUT2D eigenvalue weighted by Crippen LogP contribution is 2.23. The minimum atomic E-state index is -0.280. The standard InChI is InChI=1S/C22H24N4O2/c1-14-7-8-18(21(27)24-19-9-10-19)12-20(14)25-22(28)26(3)15(2)17-6-4-5-16(11-17)13-23/h4-8,11-12,15,19H,9-10H2,1-3H3,(H,24,27)(H,25,28). The zero-order valence-electron chi connectivity index (χ0n) is 16.3. The number of amides is 3. The van der Waals surface area contributed by atoms with E-state index in [2.05, 4.69) is 16.7 Å². The Morgan fingerprint density at radius 2 is 1.96 bits per heavy atom. The molecule has 6 heteroatoms. The van der Waals surface area contributed by atoms with E-state index in [-0.39, 0.29) is 24.0 Å². The first kappa shape index (κ1) is 19.4. The van der Waals surface area contributed by atoms with Gasteiger partial charge in [-0.05, 0) is 62.1 Å². The van der Waals surface area contributed by atoms with Gasteiger partial charge in [-0.1, -0.05) is 18.2 Å². The molecule has 6 nitrogen and oxygen atoms in total. The van der Waals surface area contributed by atoms with Gasteiger partial charge in [0.15, 0.2) is 0 Å². The highest BCUT2D eigenvalue weighted by Gasteiger charge is 2.24. The van der Waals surface area contributed by atoms with Gasteiger partial charge < -0.3 is 15.5 Å². The topological polar surface area (TPSA) is 85.2 Å². The maximum atomic E-state index is 12.8. The van der Waals surface area contributed by atoms with Crippen molar-refractivity contribution in [3.05, 3.63) is 64.7 Å². The van der Waals surface area contributed by atoms with Gasteiger partial charge in [-0.25, -0.2) is 4.79 Å². The summed E-state index contributed by atoms with van der Waals surface area (Å²) in [6.45, 7) is 3.79. The third-order valence-electron chi connectivity index (χ3n) is 5.05. The van der Waals surface area contributed by atoms with Crippen molar-refractivity contribution >= 4 is 17.6 Å². The summed E-state index contributed by atoms with van der Waals surface area (Å²) in [5, 5.41) is 14.9. The fourth-order valence-electron chi connectivity index (χ4n) is 2.87. The van der Waals surface area contributed by atoms with Gasteiger partial charge in [0.2, 0.25) is 0 Å². The number of nitrogens with one attached hydrogen (secondary N) is 2. The molecule has 144 valence electrons. The average molecular weight is 376 g/mol. The summed E-state index contributed by atoms with van der Waals surface area (Å²) in [7, 11) is 1.71. The number of anilines is 1. The van der Waals surface area contributed by atoms with Crippen LogP contribution in [0.1, 0.15) is 52.9 Å². The molecule has 0 bridgehead atoms. The molecular formula is C22H24N4O2. The molecule has 0 spiro atoms. The van der Waals surface area contributed by atoms with Crippen molar-refractivity contribution in [1.82, 2.24) is 10.2 Å². The molecule has 3 rings (SSSR count). The lowest BCUT2D eigenvalue weighted by atomic mass is 10.0. The molecular weight excluding hydrogens is 352 g/mol. The third kappa shape index (κ3) is 4.49. The second-order valence-corrected chi connectivity index (χ2v) is 7.23. The molecule has 2 aromatic carbocycles. The summed E-state index contributed by atoms with van der Waals surface area (Å²) >= 11 is 0. The van der Waals surface area contributed by atoms with Gasteiger partial charge in [-0.15, -0.1) is 0 Å². The predicted octanol–water partition coefficient (Wildman–Crippen LogP) is 3.98. The number of rotatable bonds is 5. The van der Waals surface area contributed by atoms with E-state index >= 15 is 0 Å². The van der Waals surface area contributed by atoms with Gasteiger partial charge in [0, 0.05) is 24.3 Å². The van der Waals surface area contributed by atoms with Crippen LogP contribution in [0.25, 0.3) is 0 Å². The summed E-state index contributed by atoms with van der Waals surface area (Å²) in [5.74, 6) is -0.118. The molecule has 0 radical (unpaired) electrons. The van der Waals surface area contributed by atoms with Crippen molar-refractivity contribution in [3.8, 4) is 6.07 Å². The highest BCUT2D eigenvalue weighted by atomic mass is 16.2. The number of aryl methyl sites for hydroxylation is 1. The minimum absolute atomic E-state index is 0.118. The second kappa shape index (κ2) is 8.13. The molecule has 1 aliphatic carbocycles. The minimum Gasteiger partial charge on any atom is -0.349 e. The fourth-order valence-corrected chi connectivity index (χ4v) is 2.87. The quantitative estimate of drug-likeness (QED) is 0.827.